The zero-order chi connectivity index (χ0) is 12.5. The number of hydrogen-bond donors (Lipinski definition) is 3. The van der Waals surface area contributed by atoms with Crippen molar-refractivity contribution in [3.8, 4) is 0 Å². The van der Waals surface area contributed by atoms with Gasteiger partial charge in [-0.1, -0.05) is 0 Å². The van der Waals surface area contributed by atoms with E-state index >= 15 is 0 Å². The molecule has 0 saturated carbocycles. The molecule has 1 amide bonds. The minimum Gasteiger partial charge on any atom is -0.385 e. The number of guanidine groups is 1. The molecule has 0 aromatic heterocycles. The second-order valence-corrected chi connectivity index (χ2v) is 3.78. The lowest BCUT2D eigenvalue weighted by atomic mass is 10.4. The van der Waals surface area contributed by atoms with Crippen LogP contribution in [0.2, 0.25) is 0 Å². The summed E-state index contributed by atoms with van der Waals surface area (Å²) in [5, 5.41) is 2.81. The molecule has 98 valence electrons. The van der Waals surface area contributed by atoms with Crippen molar-refractivity contribution >= 4 is 11.9 Å². The van der Waals surface area contributed by atoms with Gasteiger partial charge in [0.25, 0.3) is 0 Å². The second-order valence-electron chi connectivity index (χ2n) is 3.78. The average Bonchev–Trinajstić information content (AvgIpc) is 2.55. The highest BCUT2D eigenvalue weighted by Crippen LogP contribution is 1.97. The lowest BCUT2D eigenvalue weighted by Gasteiger charge is -2.22. The van der Waals surface area contributed by atoms with Crippen LogP contribution in [-0.2, 0) is 9.53 Å². The summed E-state index contributed by atoms with van der Waals surface area (Å²) in [6.07, 6.45) is 1.32. The van der Waals surface area contributed by atoms with Crippen molar-refractivity contribution in [2.24, 2.45) is 10.8 Å². The summed E-state index contributed by atoms with van der Waals surface area (Å²) in [5.41, 5.74) is 2.59. The van der Waals surface area contributed by atoms with Crippen LogP contribution in [0.5, 0.6) is 0 Å². The molecular formula is C10H21N5O2. The zero-order valence-corrected chi connectivity index (χ0v) is 10.2. The number of hydrogen-bond acceptors (Lipinski definition) is 4. The first kappa shape index (κ1) is 13.7. The smallest absolute Gasteiger partial charge is 0.221 e. The fourth-order valence-corrected chi connectivity index (χ4v) is 1.61. The van der Waals surface area contributed by atoms with Gasteiger partial charge >= 0.3 is 0 Å². The standard InChI is InChI=1S/C10H21N5O2/c1-17-8-2-4-13-10(14-11)15-6-3-9(16)12-5-7-15/h2-8,11H2,1H3,(H,12,16)(H,13,14). The van der Waals surface area contributed by atoms with E-state index in [1.807, 2.05) is 4.90 Å². The first-order valence-electron chi connectivity index (χ1n) is 5.79. The van der Waals surface area contributed by atoms with Crippen molar-refractivity contribution < 1.29 is 9.53 Å². The third-order valence-corrected chi connectivity index (χ3v) is 2.51. The Balaban J connectivity index is 2.44. The van der Waals surface area contributed by atoms with E-state index < -0.39 is 0 Å². The van der Waals surface area contributed by atoms with Gasteiger partial charge in [-0.2, -0.15) is 0 Å². The van der Waals surface area contributed by atoms with Gasteiger partial charge in [0.2, 0.25) is 11.9 Å². The highest BCUT2D eigenvalue weighted by Gasteiger charge is 2.15. The maximum atomic E-state index is 11.2. The molecule has 4 N–H and O–H groups in total. The summed E-state index contributed by atoms with van der Waals surface area (Å²) in [6.45, 7) is 3.32. The molecule has 0 radical (unpaired) electrons. The number of nitrogens with zero attached hydrogens (tertiary/aromatic N) is 2. The van der Waals surface area contributed by atoms with Gasteiger partial charge in [-0.05, 0) is 6.42 Å². The van der Waals surface area contributed by atoms with Crippen LogP contribution in [0, 0.1) is 0 Å². The molecule has 0 aromatic rings. The molecule has 1 fully saturated rings. The summed E-state index contributed by atoms with van der Waals surface area (Å²) in [4.78, 5) is 17.5. The van der Waals surface area contributed by atoms with E-state index in [4.69, 9.17) is 10.6 Å². The highest BCUT2D eigenvalue weighted by atomic mass is 16.5. The van der Waals surface area contributed by atoms with E-state index in [2.05, 4.69) is 15.7 Å². The van der Waals surface area contributed by atoms with Gasteiger partial charge in [0, 0.05) is 46.3 Å². The van der Waals surface area contributed by atoms with E-state index in [1.54, 1.807) is 7.11 Å². The van der Waals surface area contributed by atoms with Crippen LogP contribution >= 0.6 is 0 Å². The Morgan fingerprint density at radius 1 is 1.65 bits per heavy atom. The van der Waals surface area contributed by atoms with Gasteiger partial charge in [-0.25, -0.2) is 5.84 Å². The number of aliphatic imine (C=N–C) groups is 1. The molecule has 1 rings (SSSR count). The topological polar surface area (TPSA) is 92.0 Å². The Bertz CT molecular complexity index is 269. The van der Waals surface area contributed by atoms with E-state index in [0.717, 1.165) is 13.0 Å². The number of nitrogens with one attached hydrogen (secondary N) is 2. The number of carbonyl (C=O) groups excluding carboxylic acids is 1. The molecule has 7 heteroatoms. The molecule has 0 atom stereocenters. The lowest BCUT2D eigenvalue weighted by Crippen LogP contribution is -2.46. The zero-order valence-electron chi connectivity index (χ0n) is 10.2. The summed E-state index contributed by atoms with van der Waals surface area (Å²) in [7, 11) is 1.66. The Morgan fingerprint density at radius 2 is 2.47 bits per heavy atom. The number of amides is 1. The summed E-state index contributed by atoms with van der Waals surface area (Å²) < 4.78 is 4.95. The van der Waals surface area contributed by atoms with Crippen LogP contribution < -0.4 is 16.6 Å². The third-order valence-electron chi connectivity index (χ3n) is 2.51. The predicted molar refractivity (Wildman–Crippen MR) is 65.3 cm³/mol. The molecule has 17 heavy (non-hydrogen) atoms. The van der Waals surface area contributed by atoms with Crippen LogP contribution in [0.4, 0.5) is 0 Å². The Hall–Kier alpha value is -1.34. The average molecular weight is 243 g/mol. The van der Waals surface area contributed by atoms with Crippen molar-refractivity contribution in [2.75, 3.05) is 39.9 Å². The molecule has 0 unspecified atom stereocenters. The van der Waals surface area contributed by atoms with Crippen LogP contribution in [0.3, 0.4) is 0 Å². The SMILES string of the molecule is COCCCN=C(NN)N1CCNC(=O)CC1. The maximum absolute atomic E-state index is 11.2. The number of ether oxygens (including phenoxy) is 1. The molecular weight excluding hydrogens is 222 g/mol. The molecule has 1 aliphatic heterocycles. The summed E-state index contributed by atoms with van der Waals surface area (Å²) in [6, 6.07) is 0. The van der Waals surface area contributed by atoms with Crippen LogP contribution in [-0.4, -0.2) is 56.7 Å². The highest BCUT2D eigenvalue weighted by molar-refractivity contribution is 5.81. The fraction of sp³-hybridized carbons (Fsp3) is 0.800. The maximum Gasteiger partial charge on any atom is 0.221 e. The first-order chi connectivity index (χ1) is 8.27. The summed E-state index contributed by atoms with van der Waals surface area (Å²) >= 11 is 0. The van der Waals surface area contributed by atoms with Gasteiger partial charge in [0.1, 0.15) is 0 Å². The molecule has 0 spiro atoms. The second kappa shape index (κ2) is 7.86. The predicted octanol–water partition coefficient (Wildman–Crippen LogP) is -1.34. The van der Waals surface area contributed by atoms with E-state index in [1.165, 1.54) is 0 Å². The van der Waals surface area contributed by atoms with Crippen molar-refractivity contribution in [3.63, 3.8) is 0 Å². The number of rotatable bonds is 4. The minimum absolute atomic E-state index is 0.0725. The molecule has 0 aliphatic carbocycles. The summed E-state index contributed by atoms with van der Waals surface area (Å²) in [5.74, 6) is 6.15. The lowest BCUT2D eigenvalue weighted by molar-refractivity contribution is -0.120. The van der Waals surface area contributed by atoms with Gasteiger partial charge in [0.15, 0.2) is 0 Å². The van der Waals surface area contributed by atoms with Gasteiger partial charge in [0.05, 0.1) is 0 Å². The molecule has 1 heterocycles. The van der Waals surface area contributed by atoms with Crippen molar-refractivity contribution in [2.45, 2.75) is 12.8 Å². The number of nitrogens with two attached hydrogens (primary N) is 1. The Morgan fingerprint density at radius 3 is 3.18 bits per heavy atom. The molecule has 1 saturated heterocycles. The quantitative estimate of drug-likeness (QED) is 0.187. The molecule has 0 aromatic carbocycles. The van der Waals surface area contributed by atoms with Gasteiger partial charge in [-0.3, -0.25) is 15.2 Å². The van der Waals surface area contributed by atoms with Crippen molar-refractivity contribution in [1.29, 1.82) is 0 Å². The molecule has 0 bridgehead atoms. The van der Waals surface area contributed by atoms with E-state index in [0.29, 0.717) is 38.6 Å². The van der Waals surface area contributed by atoms with Crippen LogP contribution in [0.15, 0.2) is 4.99 Å². The van der Waals surface area contributed by atoms with E-state index in [-0.39, 0.29) is 5.91 Å². The monoisotopic (exact) mass is 243 g/mol. The third kappa shape index (κ3) is 5.01. The Kier molecular flexibility index (Phi) is 6.34. The van der Waals surface area contributed by atoms with Gasteiger partial charge < -0.3 is 15.0 Å². The number of methoxy groups -OCH3 is 1. The van der Waals surface area contributed by atoms with Crippen LogP contribution in [0.1, 0.15) is 12.8 Å². The first-order valence-corrected chi connectivity index (χ1v) is 5.79. The largest absolute Gasteiger partial charge is 0.385 e. The minimum atomic E-state index is 0.0725. The number of hydrazine groups is 1. The van der Waals surface area contributed by atoms with Crippen molar-refractivity contribution in [3.05, 3.63) is 0 Å². The van der Waals surface area contributed by atoms with Crippen LogP contribution in [0.25, 0.3) is 0 Å². The van der Waals surface area contributed by atoms with Crippen molar-refractivity contribution in [1.82, 2.24) is 15.6 Å². The fourth-order valence-electron chi connectivity index (χ4n) is 1.61. The number of carbonyl (C=O) groups is 1. The molecule has 7 nitrogen and oxygen atoms in total. The van der Waals surface area contributed by atoms with E-state index in [9.17, 15) is 4.79 Å². The Labute approximate surface area is 101 Å². The van der Waals surface area contributed by atoms with Gasteiger partial charge in [-0.15, -0.1) is 0 Å². The molecule has 1 aliphatic rings. The normalized spacial score (nSPS) is 17.6.